The number of hydrogen-bond donors (Lipinski definition) is 0. The first-order valence-electron chi connectivity index (χ1n) is 3.28. The fourth-order valence-corrected chi connectivity index (χ4v) is 1.06. The van der Waals surface area contributed by atoms with Gasteiger partial charge in [-0.05, 0) is 18.5 Å². The minimum atomic E-state index is -0.607. The molecular weight excluding hydrogens is 198 g/mol. The number of aromatic nitrogens is 2. The van der Waals surface area contributed by atoms with Gasteiger partial charge in [0, 0.05) is 0 Å². The summed E-state index contributed by atoms with van der Waals surface area (Å²) in [6.45, 7) is 1.47. The first-order valence-corrected chi connectivity index (χ1v) is 3.66. The number of nitro groups is 1. The fraction of sp³-hybridized carbons (Fsp3) is 0.333. The Morgan fingerprint density at radius 3 is 2.62 bits per heavy atom. The predicted molar refractivity (Wildman–Crippen MR) is 45.0 cm³/mol. The number of halogens is 1. The summed E-state index contributed by atoms with van der Waals surface area (Å²) in [5.74, 6) is -0.123. The average Bonchev–Trinajstić information content (AvgIpc) is 2.01. The summed E-state index contributed by atoms with van der Waals surface area (Å²) in [6, 6.07) is 0. The molecule has 1 rings (SSSR count). The van der Waals surface area contributed by atoms with E-state index in [4.69, 9.17) is 16.3 Å². The van der Waals surface area contributed by atoms with Crippen LogP contribution in [0, 0.1) is 17.0 Å². The van der Waals surface area contributed by atoms with Crippen LogP contribution in [-0.4, -0.2) is 22.0 Å². The lowest BCUT2D eigenvalue weighted by molar-refractivity contribution is -0.387. The summed E-state index contributed by atoms with van der Waals surface area (Å²) < 4.78 is 4.69. The van der Waals surface area contributed by atoms with Crippen molar-refractivity contribution < 1.29 is 9.66 Å². The Bertz CT molecular complexity index is 355. The van der Waals surface area contributed by atoms with Crippen molar-refractivity contribution in [1.82, 2.24) is 9.97 Å². The minimum Gasteiger partial charge on any atom is -0.476 e. The van der Waals surface area contributed by atoms with Gasteiger partial charge in [0.1, 0.15) is 5.69 Å². The van der Waals surface area contributed by atoms with Gasteiger partial charge in [-0.3, -0.25) is 10.1 Å². The highest BCUT2D eigenvalue weighted by molar-refractivity contribution is 6.28. The van der Waals surface area contributed by atoms with E-state index in [2.05, 4.69) is 9.97 Å². The van der Waals surface area contributed by atoms with Gasteiger partial charge in [0.05, 0.1) is 12.0 Å². The molecule has 0 saturated carbocycles. The topological polar surface area (TPSA) is 78.2 Å². The molecule has 0 aliphatic heterocycles. The molecule has 0 N–H and O–H groups in total. The quantitative estimate of drug-likeness (QED) is 0.412. The minimum absolute atomic E-state index is 0.0695. The summed E-state index contributed by atoms with van der Waals surface area (Å²) in [6.07, 6.45) is 0. The molecule has 13 heavy (non-hydrogen) atoms. The van der Waals surface area contributed by atoms with Gasteiger partial charge in [0.15, 0.2) is 0 Å². The summed E-state index contributed by atoms with van der Waals surface area (Å²) in [7, 11) is 1.28. The normalized spacial score (nSPS) is 9.77. The van der Waals surface area contributed by atoms with Gasteiger partial charge in [0.2, 0.25) is 5.28 Å². The highest BCUT2D eigenvalue weighted by atomic mass is 35.5. The fourth-order valence-electron chi connectivity index (χ4n) is 0.860. The first-order chi connectivity index (χ1) is 6.06. The van der Waals surface area contributed by atoms with E-state index in [1.54, 1.807) is 0 Å². The van der Waals surface area contributed by atoms with Crippen LogP contribution in [0.3, 0.4) is 0 Å². The lowest BCUT2D eigenvalue weighted by atomic mass is 10.4. The molecule has 0 aliphatic carbocycles. The van der Waals surface area contributed by atoms with Crippen LogP contribution in [0.5, 0.6) is 5.88 Å². The van der Waals surface area contributed by atoms with E-state index in [0.717, 1.165) is 0 Å². The molecule has 0 saturated heterocycles. The van der Waals surface area contributed by atoms with Gasteiger partial charge < -0.3 is 4.74 Å². The van der Waals surface area contributed by atoms with Crippen molar-refractivity contribution in [3.05, 3.63) is 21.1 Å². The van der Waals surface area contributed by atoms with Crippen LogP contribution in [0.25, 0.3) is 0 Å². The zero-order valence-corrected chi connectivity index (χ0v) is 7.70. The molecule has 0 radical (unpaired) electrons. The maximum atomic E-state index is 10.5. The van der Waals surface area contributed by atoms with Crippen molar-refractivity contribution in [3.8, 4) is 5.88 Å². The van der Waals surface area contributed by atoms with Gasteiger partial charge in [0.25, 0.3) is 5.88 Å². The lowest BCUT2D eigenvalue weighted by Crippen LogP contribution is -2.01. The Morgan fingerprint density at radius 2 is 2.15 bits per heavy atom. The standard InChI is InChI=1S/C6H6ClN3O3/c1-3-4(10(11)12)5(13-2)9-6(7)8-3/h1-2H3. The Hall–Kier alpha value is -1.43. The number of ether oxygens (including phenoxy) is 1. The molecule has 0 aliphatic rings. The van der Waals surface area contributed by atoms with Crippen LogP contribution in [0.1, 0.15) is 5.69 Å². The monoisotopic (exact) mass is 203 g/mol. The highest BCUT2D eigenvalue weighted by Crippen LogP contribution is 2.27. The second-order valence-electron chi connectivity index (χ2n) is 2.19. The molecular formula is C6H6ClN3O3. The zero-order valence-electron chi connectivity index (χ0n) is 6.94. The van der Waals surface area contributed by atoms with Crippen molar-refractivity contribution in [2.45, 2.75) is 6.92 Å². The van der Waals surface area contributed by atoms with E-state index in [0.29, 0.717) is 0 Å². The van der Waals surface area contributed by atoms with Crippen molar-refractivity contribution >= 4 is 17.3 Å². The number of rotatable bonds is 2. The van der Waals surface area contributed by atoms with Gasteiger partial charge in [-0.1, -0.05) is 0 Å². The first kappa shape index (κ1) is 9.66. The molecule has 7 heteroatoms. The van der Waals surface area contributed by atoms with E-state index in [9.17, 15) is 10.1 Å². The van der Waals surface area contributed by atoms with Crippen molar-refractivity contribution in [3.63, 3.8) is 0 Å². The predicted octanol–water partition coefficient (Wildman–Crippen LogP) is 1.36. The van der Waals surface area contributed by atoms with Gasteiger partial charge in [-0.15, -0.1) is 0 Å². The van der Waals surface area contributed by atoms with Crippen LogP contribution in [0.2, 0.25) is 5.28 Å². The molecule has 0 fully saturated rings. The molecule has 0 atom stereocenters. The number of hydrogen-bond acceptors (Lipinski definition) is 5. The van der Waals surface area contributed by atoms with Gasteiger partial charge in [-0.2, -0.15) is 4.98 Å². The summed E-state index contributed by atoms with van der Waals surface area (Å²) in [4.78, 5) is 17.1. The van der Waals surface area contributed by atoms with E-state index in [1.165, 1.54) is 14.0 Å². The molecule has 0 bridgehead atoms. The van der Waals surface area contributed by atoms with E-state index >= 15 is 0 Å². The molecule has 0 spiro atoms. The maximum absolute atomic E-state index is 10.5. The van der Waals surface area contributed by atoms with Crippen molar-refractivity contribution in [2.75, 3.05) is 7.11 Å². The average molecular weight is 204 g/mol. The molecule has 1 aromatic heterocycles. The second kappa shape index (κ2) is 3.53. The second-order valence-corrected chi connectivity index (χ2v) is 2.53. The number of methoxy groups -OCH3 is 1. The molecule has 0 amide bonds. The summed E-state index contributed by atoms with van der Waals surface area (Å²) in [5.41, 5.74) is -0.0752. The molecule has 1 heterocycles. The Kier molecular flexibility index (Phi) is 2.62. The third-order valence-corrected chi connectivity index (χ3v) is 1.54. The largest absolute Gasteiger partial charge is 0.476 e. The maximum Gasteiger partial charge on any atom is 0.351 e. The molecule has 6 nitrogen and oxygen atoms in total. The van der Waals surface area contributed by atoms with Crippen molar-refractivity contribution in [2.24, 2.45) is 0 Å². The van der Waals surface area contributed by atoms with E-state index in [-0.39, 0.29) is 22.5 Å². The van der Waals surface area contributed by atoms with Crippen LogP contribution in [0.15, 0.2) is 0 Å². The third kappa shape index (κ3) is 1.83. The van der Waals surface area contributed by atoms with Crippen LogP contribution >= 0.6 is 11.6 Å². The van der Waals surface area contributed by atoms with E-state index < -0.39 is 4.92 Å². The lowest BCUT2D eigenvalue weighted by Gasteiger charge is -2.01. The molecule has 70 valence electrons. The highest BCUT2D eigenvalue weighted by Gasteiger charge is 2.22. The summed E-state index contributed by atoms with van der Waals surface area (Å²) >= 11 is 5.48. The van der Waals surface area contributed by atoms with Gasteiger partial charge in [-0.25, -0.2) is 4.98 Å². The zero-order chi connectivity index (χ0) is 10.0. The smallest absolute Gasteiger partial charge is 0.351 e. The Morgan fingerprint density at radius 1 is 1.54 bits per heavy atom. The summed E-state index contributed by atoms with van der Waals surface area (Å²) in [5, 5.41) is 10.4. The number of aryl methyl sites for hydroxylation is 1. The Balaban J connectivity index is 3.38. The van der Waals surface area contributed by atoms with Gasteiger partial charge >= 0.3 is 5.69 Å². The van der Waals surface area contributed by atoms with E-state index in [1.807, 2.05) is 0 Å². The van der Waals surface area contributed by atoms with Crippen LogP contribution in [0.4, 0.5) is 5.69 Å². The molecule has 0 unspecified atom stereocenters. The van der Waals surface area contributed by atoms with Crippen molar-refractivity contribution in [1.29, 1.82) is 0 Å². The number of nitrogens with zero attached hydrogens (tertiary/aromatic N) is 3. The third-order valence-electron chi connectivity index (χ3n) is 1.37. The van der Waals surface area contributed by atoms with Crippen LogP contribution in [-0.2, 0) is 0 Å². The molecule has 0 aromatic carbocycles. The van der Waals surface area contributed by atoms with Crippen LogP contribution < -0.4 is 4.74 Å². The molecule has 1 aromatic rings. The Labute approximate surface area is 78.7 Å². The SMILES string of the molecule is COc1nc(Cl)nc(C)c1[N+](=O)[O-].